The summed E-state index contributed by atoms with van der Waals surface area (Å²) in [6.07, 6.45) is 0.181. The van der Waals surface area contributed by atoms with Crippen molar-refractivity contribution in [3.05, 3.63) is 108 Å². The Balaban J connectivity index is 1.59. The van der Waals surface area contributed by atoms with Crippen LogP contribution in [0.5, 0.6) is 5.75 Å². The number of amides is 3. The predicted octanol–water partition coefficient (Wildman–Crippen LogP) is 4.01. The molecule has 176 valence electrons. The predicted molar refractivity (Wildman–Crippen MR) is 128 cm³/mol. The maximum absolute atomic E-state index is 13.1. The van der Waals surface area contributed by atoms with E-state index in [0.29, 0.717) is 17.0 Å². The number of nitrogens with one attached hydrogen (secondary N) is 1. The van der Waals surface area contributed by atoms with Crippen LogP contribution in [0.2, 0.25) is 0 Å². The summed E-state index contributed by atoms with van der Waals surface area (Å²) < 4.78 is 10.8. The lowest BCUT2D eigenvalue weighted by Gasteiger charge is -2.18. The molecule has 0 radical (unpaired) electrons. The van der Waals surface area contributed by atoms with Gasteiger partial charge in [-0.3, -0.25) is 19.3 Å². The van der Waals surface area contributed by atoms with Gasteiger partial charge in [-0.1, -0.05) is 42.5 Å². The molecule has 0 aromatic heterocycles. The molecule has 3 amide bonds. The summed E-state index contributed by atoms with van der Waals surface area (Å²) in [5.74, 6) is -1.80. The van der Waals surface area contributed by atoms with Gasteiger partial charge in [0.1, 0.15) is 5.75 Å². The molecular weight excluding hydrogens is 448 g/mol. The van der Waals surface area contributed by atoms with Gasteiger partial charge in [0.25, 0.3) is 17.7 Å². The summed E-state index contributed by atoms with van der Waals surface area (Å²) in [4.78, 5) is 52.2. The van der Waals surface area contributed by atoms with Gasteiger partial charge in [-0.2, -0.15) is 0 Å². The highest BCUT2D eigenvalue weighted by molar-refractivity contribution is 6.22. The van der Waals surface area contributed by atoms with Crippen molar-refractivity contribution in [1.29, 1.82) is 0 Å². The number of fused-ring (bicyclic) bond motifs is 1. The summed E-state index contributed by atoms with van der Waals surface area (Å²) in [5, 5.41) is 2.74. The molecule has 1 N–H and O–H groups in total. The third kappa shape index (κ3) is 4.81. The first-order chi connectivity index (χ1) is 16.9. The number of ether oxygens (including phenoxy) is 2. The Morgan fingerprint density at radius 3 is 2.43 bits per heavy atom. The van der Waals surface area contributed by atoms with Crippen molar-refractivity contribution in [2.75, 3.05) is 19.0 Å². The molecule has 3 aromatic carbocycles. The number of rotatable bonds is 8. The van der Waals surface area contributed by atoms with E-state index in [4.69, 9.17) is 9.47 Å². The molecule has 0 spiro atoms. The van der Waals surface area contributed by atoms with Crippen LogP contribution in [0.25, 0.3) is 0 Å². The van der Waals surface area contributed by atoms with Gasteiger partial charge in [0.05, 0.1) is 23.8 Å². The van der Waals surface area contributed by atoms with Gasteiger partial charge in [-0.15, -0.1) is 6.58 Å². The third-order valence-electron chi connectivity index (χ3n) is 5.42. The highest BCUT2D eigenvalue weighted by atomic mass is 16.5. The Kier molecular flexibility index (Phi) is 6.73. The molecule has 3 aromatic rings. The number of hydrogen-bond acceptors (Lipinski definition) is 6. The number of benzene rings is 3. The molecule has 1 atom stereocenters. The first-order valence-corrected chi connectivity index (χ1v) is 10.7. The minimum atomic E-state index is -1.27. The van der Waals surface area contributed by atoms with Gasteiger partial charge in [-0.05, 0) is 30.3 Å². The minimum Gasteiger partial charge on any atom is -0.497 e. The summed E-state index contributed by atoms with van der Waals surface area (Å²) in [6, 6.07) is 19.4. The number of anilines is 1. The largest absolute Gasteiger partial charge is 0.497 e. The normalized spacial score (nSPS) is 13.1. The third-order valence-corrected chi connectivity index (χ3v) is 5.42. The van der Waals surface area contributed by atoms with Crippen molar-refractivity contribution in [2.24, 2.45) is 0 Å². The van der Waals surface area contributed by atoms with E-state index in [1.807, 2.05) is 0 Å². The number of carbonyl (C=O) groups is 4. The molecule has 0 fully saturated rings. The molecule has 1 aliphatic heterocycles. The van der Waals surface area contributed by atoms with E-state index < -0.39 is 29.8 Å². The second-order valence-electron chi connectivity index (χ2n) is 7.69. The molecule has 0 saturated heterocycles. The molecule has 8 heteroatoms. The molecular formula is C27H22N2O6. The van der Waals surface area contributed by atoms with E-state index in [1.54, 1.807) is 54.6 Å². The van der Waals surface area contributed by atoms with Crippen molar-refractivity contribution in [3.8, 4) is 5.75 Å². The average molecular weight is 470 g/mol. The van der Waals surface area contributed by atoms with Crippen molar-refractivity contribution in [2.45, 2.75) is 6.10 Å². The number of nitrogens with zero attached hydrogens (tertiary/aromatic N) is 1. The summed E-state index contributed by atoms with van der Waals surface area (Å²) in [7, 11) is 1.51. The minimum absolute atomic E-state index is 0.0421. The summed E-state index contributed by atoms with van der Waals surface area (Å²) in [5.41, 5.74) is 1.27. The zero-order valence-electron chi connectivity index (χ0n) is 18.9. The first kappa shape index (κ1) is 23.4. The standard InChI is InChI=1S/C27H22N2O6/c1-3-14-29-25(31)21-13-12-18(15-22(21)26(29)32)27(33)35-23(17-8-5-4-6-9-17)24(30)28-19-10-7-11-20(16-19)34-2/h3-13,15-16,23H,1,14H2,2H3,(H,28,30)/t23-/m1/s1. The lowest BCUT2D eigenvalue weighted by Crippen LogP contribution is -2.29. The number of imide groups is 1. The van der Waals surface area contributed by atoms with Crippen molar-refractivity contribution in [3.63, 3.8) is 0 Å². The highest BCUT2D eigenvalue weighted by Crippen LogP contribution is 2.27. The average Bonchev–Trinajstić information content (AvgIpc) is 3.12. The van der Waals surface area contributed by atoms with E-state index in [9.17, 15) is 19.2 Å². The zero-order chi connectivity index (χ0) is 24.9. The maximum atomic E-state index is 13.1. The fourth-order valence-corrected chi connectivity index (χ4v) is 3.70. The molecule has 35 heavy (non-hydrogen) atoms. The molecule has 0 unspecified atom stereocenters. The van der Waals surface area contributed by atoms with Crippen molar-refractivity contribution >= 4 is 29.4 Å². The lowest BCUT2D eigenvalue weighted by atomic mass is 10.1. The van der Waals surface area contributed by atoms with E-state index in [-0.39, 0.29) is 23.2 Å². The molecule has 4 rings (SSSR count). The van der Waals surface area contributed by atoms with Crippen LogP contribution in [0.3, 0.4) is 0 Å². The fraction of sp³-hybridized carbons (Fsp3) is 0.111. The number of esters is 1. The van der Waals surface area contributed by atoms with E-state index in [0.717, 1.165) is 4.90 Å². The van der Waals surface area contributed by atoms with Crippen LogP contribution >= 0.6 is 0 Å². The quantitative estimate of drug-likeness (QED) is 0.303. The van der Waals surface area contributed by atoms with Gasteiger partial charge in [0.2, 0.25) is 6.10 Å². The second kappa shape index (κ2) is 10.0. The summed E-state index contributed by atoms with van der Waals surface area (Å²) in [6.45, 7) is 3.62. The summed E-state index contributed by atoms with van der Waals surface area (Å²) >= 11 is 0. The van der Waals surface area contributed by atoms with Crippen molar-refractivity contribution < 1.29 is 28.7 Å². The smallest absolute Gasteiger partial charge is 0.339 e. The van der Waals surface area contributed by atoms with Gasteiger partial charge < -0.3 is 14.8 Å². The molecule has 1 heterocycles. The van der Waals surface area contributed by atoms with Crippen LogP contribution in [0.1, 0.15) is 42.7 Å². The van der Waals surface area contributed by atoms with Crippen LogP contribution in [0, 0.1) is 0 Å². The highest BCUT2D eigenvalue weighted by Gasteiger charge is 2.36. The Bertz CT molecular complexity index is 1320. The Labute approximate surface area is 201 Å². The SMILES string of the molecule is C=CCN1C(=O)c2ccc(C(=O)O[C@@H](C(=O)Nc3cccc(OC)c3)c3ccccc3)cc2C1=O. The molecule has 0 aliphatic carbocycles. The van der Waals surface area contributed by atoms with Crippen LogP contribution in [-0.4, -0.2) is 42.2 Å². The Hall–Kier alpha value is -4.72. The number of methoxy groups -OCH3 is 1. The van der Waals surface area contributed by atoms with Crippen LogP contribution < -0.4 is 10.1 Å². The number of hydrogen-bond donors (Lipinski definition) is 1. The van der Waals surface area contributed by atoms with Gasteiger partial charge in [0, 0.05) is 23.9 Å². The van der Waals surface area contributed by atoms with Crippen LogP contribution in [-0.2, 0) is 9.53 Å². The van der Waals surface area contributed by atoms with Crippen LogP contribution in [0.15, 0.2) is 85.5 Å². The van der Waals surface area contributed by atoms with E-state index in [2.05, 4.69) is 11.9 Å². The topological polar surface area (TPSA) is 102 Å². The van der Waals surface area contributed by atoms with Crippen molar-refractivity contribution in [1.82, 2.24) is 4.90 Å². The molecule has 0 bridgehead atoms. The number of carbonyl (C=O) groups excluding carboxylic acids is 4. The van der Waals surface area contributed by atoms with E-state index >= 15 is 0 Å². The van der Waals surface area contributed by atoms with E-state index in [1.165, 1.54) is 31.4 Å². The van der Waals surface area contributed by atoms with Crippen LogP contribution in [0.4, 0.5) is 5.69 Å². The maximum Gasteiger partial charge on any atom is 0.339 e. The lowest BCUT2D eigenvalue weighted by molar-refractivity contribution is -0.125. The fourth-order valence-electron chi connectivity index (χ4n) is 3.70. The monoisotopic (exact) mass is 470 g/mol. The second-order valence-corrected chi connectivity index (χ2v) is 7.69. The molecule has 8 nitrogen and oxygen atoms in total. The van der Waals surface area contributed by atoms with Gasteiger partial charge in [0.15, 0.2) is 0 Å². The molecule has 1 aliphatic rings. The van der Waals surface area contributed by atoms with Gasteiger partial charge >= 0.3 is 5.97 Å². The van der Waals surface area contributed by atoms with Gasteiger partial charge in [-0.25, -0.2) is 4.79 Å². The molecule has 0 saturated carbocycles. The Morgan fingerprint density at radius 1 is 0.971 bits per heavy atom. The zero-order valence-corrected chi connectivity index (χ0v) is 18.9. The Morgan fingerprint density at radius 2 is 1.71 bits per heavy atom. The first-order valence-electron chi connectivity index (χ1n) is 10.7.